The Hall–Kier alpha value is -3.06. The summed E-state index contributed by atoms with van der Waals surface area (Å²) >= 11 is 12.0. The van der Waals surface area contributed by atoms with Crippen molar-refractivity contribution >= 4 is 40.7 Å². The van der Waals surface area contributed by atoms with Gasteiger partial charge in [-0.25, -0.2) is 0 Å². The number of likely N-dealkylation sites (tertiary alicyclic amines) is 1. The molecule has 0 bridgehead atoms. The number of carbonyl (C=O) groups is 2. The summed E-state index contributed by atoms with van der Waals surface area (Å²) in [5.74, 6) is -0.475. The molecule has 1 fully saturated rings. The van der Waals surface area contributed by atoms with Crippen LogP contribution in [-0.4, -0.2) is 41.0 Å². The molecule has 1 unspecified atom stereocenters. The molecule has 194 valence electrons. The molecular formula is C29H31Cl2N3O3. The van der Waals surface area contributed by atoms with Crippen LogP contribution in [0.1, 0.15) is 29.5 Å². The molecule has 4 rings (SSSR count). The van der Waals surface area contributed by atoms with Gasteiger partial charge >= 0.3 is 0 Å². The molecule has 6 nitrogen and oxygen atoms in total. The smallest absolute Gasteiger partial charge is 0.251 e. The molecule has 1 aliphatic rings. The van der Waals surface area contributed by atoms with Crippen molar-refractivity contribution in [2.24, 2.45) is 5.92 Å². The summed E-state index contributed by atoms with van der Waals surface area (Å²) in [6.45, 7) is 1.91. The number of rotatable bonds is 9. The van der Waals surface area contributed by atoms with Crippen LogP contribution in [-0.2, 0) is 29.1 Å². The lowest BCUT2D eigenvalue weighted by Gasteiger charge is -2.32. The van der Waals surface area contributed by atoms with E-state index in [1.54, 1.807) is 11.0 Å². The first-order valence-corrected chi connectivity index (χ1v) is 13.2. The highest BCUT2D eigenvalue weighted by molar-refractivity contribution is 6.30. The highest BCUT2D eigenvalue weighted by Gasteiger charge is 2.30. The highest BCUT2D eigenvalue weighted by atomic mass is 35.5. The van der Waals surface area contributed by atoms with Gasteiger partial charge in [0.15, 0.2) is 0 Å². The van der Waals surface area contributed by atoms with E-state index >= 15 is 0 Å². The van der Waals surface area contributed by atoms with Crippen molar-refractivity contribution in [2.45, 2.75) is 38.5 Å². The average molecular weight is 540 g/mol. The third kappa shape index (κ3) is 7.71. The number of aliphatic hydroxyl groups excluding tert-OH is 1. The lowest BCUT2D eigenvalue weighted by atomic mass is 9.95. The van der Waals surface area contributed by atoms with Gasteiger partial charge in [0.1, 0.15) is 6.10 Å². The minimum Gasteiger partial charge on any atom is -0.383 e. The number of aliphatic hydroxyl groups is 1. The molecule has 3 aromatic rings. The number of amides is 2. The molecule has 1 heterocycles. The van der Waals surface area contributed by atoms with Gasteiger partial charge in [0.2, 0.25) is 5.91 Å². The number of para-hydroxylation sites is 1. The lowest BCUT2D eigenvalue weighted by molar-refractivity contribution is -0.143. The molecular weight excluding hydrogens is 509 g/mol. The zero-order valence-corrected chi connectivity index (χ0v) is 22.0. The van der Waals surface area contributed by atoms with E-state index in [0.29, 0.717) is 49.1 Å². The molecule has 3 aromatic carbocycles. The Bertz CT molecular complexity index is 1210. The summed E-state index contributed by atoms with van der Waals surface area (Å²) in [4.78, 5) is 27.3. The van der Waals surface area contributed by atoms with Crippen LogP contribution < -0.4 is 10.6 Å². The second kappa shape index (κ2) is 13.0. The van der Waals surface area contributed by atoms with Crippen LogP contribution in [0.3, 0.4) is 0 Å². The summed E-state index contributed by atoms with van der Waals surface area (Å²) < 4.78 is 0. The molecule has 1 saturated heterocycles. The Morgan fingerprint density at radius 2 is 1.62 bits per heavy atom. The Morgan fingerprint density at radius 1 is 0.892 bits per heavy atom. The fourth-order valence-corrected chi connectivity index (χ4v) is 4.86. The van der Waals surface area contributed by atoms with Crippen molar-refractivity contribution in [3.05, 3.63) is 99.5 Å². The predicted molar refractivity (Wildman–Crippen MR) is 148 cm³/mol. The van der Waals surface area contributed by atoms with Crippen LogP contribution in [0.25, 0.3) is 0 Å². The molecule has 2 amide bonds. The zero-order chi connectivity index (χ0) is 26.2. The van der Waals surface area contributed by atoms with E-state index in [1.165, 1.54) is 0 Å². The number of hydrogen-bond acceptors (Lipinski definition) is 4. The largest absolute Gasteiger partial charge is 0.383 e. The maximum absolute atomic E-state index is 13.0. The lowest BCUT2D eigenvalue weighted by Crippen LogP contribution is -2.47. The fourth-order valence-electron chi connectivity index (χ4n) is 4.52. The summed E-state index contributed by atoms with van der Waals surface area (Å²) in [5, 5.41) is 18.4. The maximum atomic E-state index is 13.0. The monoisotopic (exact) mass is 539 g/mol. The minimum atomic E-state index is -1.15. The molecule has 0 aromatic heterocycles. The number of anilines is 1. The number of benzene rings is 3. The quantitative estimate of drug-likeness (QED) is 0.354. The first-order valence-electron chi connectivity index (χ1n) is 12.4. The van der Waals surface area contributed by atoms with Crippen LogP contribution in [0.5, 0.6) is 0 Å². The SMILES string of the molecule is O=C(NCc1cccc(Cl)c1)C1CCN(C(=O)C(O)Cc2ccccc2NCc2ccc(Cl)cc2)CC1. The van der Waals surface area contributed by atoms with Gasteiger partial charge in [-0.15, -0.1) is 0 Å². The first kappa shape index (κ1) is 27.0. The molecule has 0 spiro atoms. The first-order chi connectivity index (χ1) is 17.9. The Kier molecular flexibility index (Phi) is 9.45. The standard InChI is InChI=1S/C29H31Cl2N3O3/c30-24-10-8-20(9-11-24)18-32-26-7-2-1-5-23(26)17-27(35)29(37)34-14-12-22(13-15-34)28(36)33-19-21-4-3-6-25(31)16-21/h1-11,16,22,27,32,35H,12-15,17-19H2,(H,33,36). The fraction of sp³-hybridized carbons (Fsp3) is 0.310. The highest BCUT2D eigenvalue weighted by Crippen LogP contribution is 2.22. The maximum Gasteiger partial charge on any atom is 0.251 e. The van der Waals surface area contributed by atoms with Crippen LogP contribution in [0.2, 0.25) is 10.0 Å². The minimum absolute atomic E-state index is 0.0201. The second-order valence-electron chi connectivity index (χ2n) is 9.30. The summed E-state index contributed by atoms with van der Waals surface area (Å²) in [6.07, 6.45) is 0.201. The van der Waals surface area contributed by atoms with Crippen molar-refractivity contribution < 1.29 is 14.7 Å². The number of nitrogens with one attached hydrogen (secondary N) is 2. The molecule has 37 heavy (non-hydrogen) atoms. The van der Waals surface area contributed by atoms with Gasteiger partial charge < -0.3 is 20.6 Å². The van der Waals surface area contributed by atoms with Crippen LogP contribution in [0.4, 0.5) is 5.69 Å². The average Bonchev–Trinajstić information content (AvgIpc) is 2.92. The van der Waals surface area contributed by atoms with Gasteiger partial charge in [-0.2, -0.15) is 0 Å². The molecule has 1 aliphatic heterocycles. The van der Waals surface area contributed by atoms with E-state index in [2.05, 4.69) is 10.6 Å². The topological polar surface area (TPSA) is 81.7 Å². The van der Waals surface area contributed by atoms with E-state index in [0.717, 1.165) is 22.4 Å². The third-order valence-electron chi connectivity index (χ3n) is 6.65. The van der Waals surface area contributed by atoms with Crippen LogP contribution in [0.15, 0.2) is 72.8 Å². The van der Waals surface area contributed by atoms with E-state index in [9.17, 15) is 14.7 Å². The molecule has 1 atom stereocenters. The van der Waals surface area contributed by atoms with Gasteiger partial charge in [0.25, 0.3) is 5.91 Å². The summed E-state index contributed by atoms with van der Waals surface area (Å²) in [7, 11) is 0. The molecule has 8 heteroatoms. The number of nitrogens with zero attached hydrogens (tertiary/aromatic N) is 1. The van der Waals surface area contributed by atoms with Crippen LogP contribution in [0, 0.1) is 5.92 Å². The van der Waals surface area contributed by atoms with Crippen molar-refractivity contribution in [1.29, 1.82) is 0 Å². The predicted octanol–water partition coefficient (Wildman–Crippen LogP) is 5.06. The molecule has 0 aliphatic carbocycles. The van der Waals surface area contributed by atoms with E-state index in [4.69, 9.17) is 23.2 Å². The van der Waals surface area contributed by atoms with E-state index in [1.807, 2.05) is 66.7 Å². The van der Waals surface area contributed by atoms with Crippen molar-refractivity contribution in [3.8, 4) is 0 Å². The molecule has 0 radical (unpaired) electrons. The second-order valence-corrected chi connectivity index (χ2v) is 10.2. The Labute approximate surface area is 227 Å². The molecule has 0 saturated carbocycles. The normalized spacial score (nSPS) is 14.7. The summed E-state index contributed by atoms with van der Waals surface area (Å²) in [6, 6.07) is 22.7. The van der Waals surface area contributed by atoms with Crippen LogP contribution >= 0.6 is 23.2 Å². The van der Waals surface area contributed by atoms with Gasteiger partial charge in [0, 0.05) is 54.3 Å². The Morgan fingerprint density at radius 3 is 2.35 bits per heavy atom. The summed E-state index contributed by atoms with van der Waals surface area (Å²) in [5.41, 5.74) is 3.77. The molecule has 3 N–H and O–H groups in total. The van der Waals surface area contributed by atoms with Crippen molar-refractivity contribution in [1.82, 2.24) is 10.2 Å². The van der Waals surface area contributed by atoms with Crippen molar-refractivity contribution in [3.63, 3.8) is 0 Å². The van der Waals surface area contributed by atoms with Gasteiger partial charge in [-0.05, 0) is 59.9 Å². The zero-order valence-electron chi connectivity index (χ0n) is 20.5. The number of piperidine rings is 1. The van der Waals surface area contributed by atoms with Gasteiger partial charge in [0.05, 0.1) is 0 Å². The Balaban J connectivity index is 1.25. The van der Waals surface area contributed by atoms with E-state index in [-0.39, 0.29) is 24.2 Å². The van der Waals surface area contributed by atoms with Gasteiger partial charge in [-0.1, -0.05) is 65.7 Å². The third-order valence-corrected chi connectivity index (χ3v) is 7.13. The number of carbonyl (C=O) groups excluding carboxylic acids is 2. The van der Waals surface area contributed by atoms with Crippen molar-refractivity contribution in [2.75, 3.05) is 18.4 Å². The number of halogens is 2. The number of hydrogen-bond donors (Lipinski definition) is 3. The van der Waals surface area contributed by atoms with Gasteiger partial charge in [-0.3, -0.25) is 9.59 Å². The van der Waals surface area contributed by atoms with E-state index < -0.39 is 6.10 Å².